The molecule has 126 valence electrons. The van der Waals surface area contributed by atoms with Crippen molar-refractivity contribution in [1.29, 1.82) is 0 Å². The molecule has 0 bridgehead atoms. The lowest BCUT2D eigenvalue weighted by atomic mass is 9.91. The Morgan fingerprint density at radius 2 is 2.12 bits per heavy atom. The highest BCUT2D eigenvalue weighted by molar-refractivity contribution is 7.15. The first-order valence-corrected chi connectivity index (χ1v) is 9.59. The maximum absolute atomic E-state index is 12.6. The minimum absolute atomic E-state index is 0.0645. The zero-order chi connectivity index (χ0) is 16.5. The molecule has 0 spiro atoms. The Bertz CT molecular complexity index is 731. The van der Waals surface area contributed by atoms with Crippen molar-refractivity contribution in [2.45, 2.75) is 44.6 Å². The number of thiazole rings is 1. The molecule has 2 aliphatic rings. The second-order valence-electron chi connectivity index (χ2n) is 6.79. The Hall–Kier alpha value is -1.72. The zero-order valence-electron chi connectivity index (χ0n) is 14.0. The number of likely N-dealkylation sites (N-methyl/N-ethyl adjacent to an activating group) is 1. The van der Waals surface area contributed by atoms with E-state index in [-0.39, 0.29) is 11.9 Å². The van der Waals surface area contributed by atoms with E-state index in [9.17, 15) is 4.79 Å². The number of carbonyl (C=O) groups is 1. The summed E-state index contributed by atoms with van der Waals surface area (Å²) in [5, 5.41) is 3.82. The highest BCUT2D eigenvalue weighted by Gasteiger charge is 2.27. The summed E-state index contributed by atoms with van der Waals surface area (Å²) in [4.78, 5) is 20.8. The Labute approximate surface area is 146 Å². The summed E-state index contributed by atoms with van der Waals surface area (Å²) in [6.07, 6.45) is 6.17. The Balaban J connectivity index is 1.47. The maximum Gasteiger partial charge on any atom is 0.228 e. The average Bonchev–Trinajstić information content (AvgIpc) is 2.99. The number of benzene rings is 1. The van der Waals surface area contributed by atoms with Gasteiger partial charge < -0.3 is 5.32 Å². The van der Waals surface area contributed by atoms with E-state index >= 15 is 0 Å². The standard InChI is InChI=1S/C19H23N3OS/c1-22-11-10-13-6-2-3-7-14(13)16(22)12-18(23)21-19-20-15-8-4-5-9-17(15)24-19/h2-3,6-7,16H,4-5,8-12H2,1H3,(H,20,21,23). The lowest BCUT2D eigenvalue weighted by molar-refractivity contribution is -0.117. The van der Waals surface area contributed by atoms with Crippen LogP contribution in [-0.2, 0) is 24.1 Å². The fourth-order valence-corrected chi connectivity index (χ4v) is 4.86. The monoisotopic (exact) mass is 341 g/mol. The fraction of sp³-hybridized carbons (Fsp3) is 0.474. The number of aromatic nitrogens is 1. The molecule has 1 N–H and O–H groups in total. The molecule has 0 radical (unpaired) electrons. The van der Waals surface area contributed by atoms with Crippen LogP contribution in [0.2, 0.25) is 0 Å². The number of carbonyl (C=O) groups excluding carboxylic acids is 1. The van der Waals surface area contributed by atoms with E-state index in [0.717, 1.165) is 30.9 Å². The van der Waals surface area contributed by atoms with Crippen LogP contribution in [0.5, 0.6) is 0 Å². The van der Waals surface area contributed by atoms with E-state index in [4.69, 9.17) is 0 Å². The van der Waals surface area contributed by atoms with Crippen molar-refractivity contribution >= 4 is 22.4 Å². The first-order chi connectivity index (χ1) is 11.7. The number of fused-ring (bicyclic) bond motifs is 2. The van der Waals surface area contributed by atoms with Crippen molar-refractivity contribution in [3.63, 3.8) is 0 Å². The van der Waals surface area contributed by atoms with Gasteiger partial charge in [0.15, 0.2) is 5.13 Å². The number of nitrogens with one attached hydrogen (secondary N) is 1. The van der Waals surface area contributed by atoms with Crippen LogP contribution in [0.4, 0.5) is 5.13 Å². The zero-order valence-corrected chi connectivity index (χ0v) is 14.9. The van der Waals surface area contributed by atoms with Gasteiger partial charge in [0.1, 0.15) is 0 Å². The molecule has 0 saturated heterocycles. The van der Waals surface area contributed by atoms with Crippen molar-refractivity contribution in [2.75, 3.05) is 18.9 Å². The van der Waals surface area contributed by atoms with Gasteiger partial charge in [-0.1, -0.05) is 24.3 Å². The predicted molar refractivity (Wildman–Crippen MR) is 97.5 cm³/mol. The lowest BCUT2D eigenvalue weighted by Gasteiger charge is -2.34. The molecular formula is C19H23N3OS. The summed E-state index contributed by atoms with van der Waals surface area (Å²) in [5.74, 6) is 0.0645. The Kier molecular flexibility index (Phi) is 4.37. The van der Waals surface area contributed by atoms with Gasteiger partial charge in [0.2, 0.25) is 5.91 Å². The summed E-state index contributed by atoms with van der Waals surface area (Å²) >= 11 is 1.66. The van der Waals surface area contributed by atoms with Gasteiger partial charge in [0.05, 0.1) is 5.69 Å². The maximum atomic E-state index is 12.6. The van der Waals surface area contributed by atoms with Crippen molar-refractivity contribution in [3.8, 4) is 0 Å². The van der Waals surface area contributed by atoms with Crippen LogP contribution in [0, 0.1) is 0 Å². The molecule has 24 heavy (non-hydrogen) atoms. The number of rotatable bonds is 3. The van der Waals surface area contributed by atoms with Gasteiger partial charge in [-0.3, -0.25) is 9.69 Å². The topological polar surface area (TPSA) is 45.2 Å². The summed E-state index contributed by atoms with van der Waals surface area (Å²) in [7, 11) is 2.11. The van der Waals surface area contributed by atoms with Gasteiger partial charge >= 0.3 is 0 Å². The number of hydrogen-bond donors (Lipinski definition) is 1. The van der Waals surface area contributed by atoms with Gasteiger partial charge in [-0.2, -0.15) is 0 Å². The van der Waals surface area contributed by atoms with Crippen LogP contribution in [0.25, 0.3) is 0 Å². The molecule has 1 amide bonds. The molecule has 5 heteroatoms. The quantitative estimate of drug-likeness (QED) is 0.928. The summed E-state index contributed by atoms with van der Waals surface area (Å²) in [6, 6.07) is 8.65. The number of aryl methyl sites for hydroxylation is 2. The molecule has 1 aromatic heterocycles. The van der Waals surface area contributed by atoms with Crippen molar-refractivity contribution in [1.82, 2.24) is 9.88 Å². The molecule has 1 aliphatic heterocycles. The molecule has 1 atom stereocenters. The molecule has 0 saturated carbocycles. The van der Waals surface area contributed by atoms with E-state index in [1.54, 1.807) is 11.3 Å². The molecule has 2 heterocycles. The molecule has 4 rings (SSSR count). The summed E-state index contributed by atoms with van der Waals surface area (Å²) in [6.45, 7) is 1.00. The average molecular weight is 341 g/mol. The van der Waals surface area contributed by atoms with Gasteiger partial charge in [-0.05, 0) is 50.3 Å². The second-order valence-corrected chi connectivity index (χ2v) is 7.88. The highest BCUT2D eigenvalue weighted by atomic mass is 32.1. The van der Waals surface area contributed by atoms with Crippen LogP contribution < -0.4 is 5.32 Å². The van der Waals surface area contributed by atoms with E-state index in [0.29, 0.717) is 6.42 Å². The second kappa shape index (κ2) is 6.65. The first-order valence-electron chi connectivity index (χ1n) is 8.77. The minimum atomic E-state index is 0.0645. The van der Waals surface area contributed by atoms with E-state index < -0.39 is 0 Å². The normalized spacial score (nSPS) is 20.3. The van der Waals surface area contributed by atoms with E-state index in [2.05, 4.69) is 46.5 Å². The third-order valence-corrected chi connectivity index (χ3v) is 6.22. The summed E-state index contributed by atoms with van der Waals surface area (Å²) < 4.78 is 0. The number of nitrogens with zero attached hydrogens (tertiary/aromatic N) is 2. The van der Waals surface area contributed by atoms with Gasteiger partial charge in [0.25, 0.3) is 0 Å². The van der Waals surface area contributed by atoms with E-state index in [1.165, 1.54) is 34.5 Å². The van der Waals surface area contributed by atoms with Crippen molar-refractivity contribution < 1.29 is 4.79 Å². The SMILES string of the molecule is CN1CCc2ccccc2C1CC(=O)Nc1nc2c(s1)CCCC2. The minimum Gasteiger partial charge on any atom is -0.302 e. The lowest BCUT2D eigenvalue weighted by Crippen LogP contribution is -2.34. The molecule has 1 unspecified atom stereocenters. The molecule has 4 nitrogen and oxygen atoms in total. The summed E-state index contributed by atoms with van der Waals surface area (Å²) in [5.41, 5.74) is 3.86. The van der Waals surface area contributed by atoms with Crippen LogP contribution in [0.1, 0.15) is 47.0 Å². The van der Waals surface area contributed by atoms with Gasteiger partial charge in [-0.15, -0.1) is 11.3 Å². The third kappa shape index (κ3) is 3.10. The number of amides is 1. The predicted octanol–water partition coefficient (Wildman–Crippen LogP) is 3.58. The fourth-order valence-electron chi connectivity index (χ4n) is 3.79. The van der Waals surface area contributed by atoms with Gasteiger partial charge in [0, 0.05) is 23.9 Å². The number of anilines is 1. The highest BCUT2D eigenvalue weighted by Crippen LogP contribution is 2.32. The van der Waals surface area contributed by atoms with Gasteiger partial charge in [-0.25, -0.2) is 4.98 Å². The third-order valence-electron chi connectivity index (χ3n) is 5.15. The largest absolute Gasteiger partial charge is 0.302 e. The Morgan fingerprint density at radius 1 is 1.29 bits per heavy atom. The smallest absolute Gasteiger partial charge is 0.228 e. The van der Waals surface area contributed by atoms with Crippen molar-refractivity contribution in [3.05, 3.63) is 46.0 Å². The van der Waals surface area contributed by atoms with Crippen molar-refractivity contribution in [2.24, 2.45) is 0 Å². The van der Waals surface area contributed by atoms with E-state index in [1.807, 2.05) is 0 Å². The molecule has 1 aliphatic carbocycles. The van der Waals surface area contributed by atoms with Crippen LogP contribution in [-0.4, -0.2) is 29.4 Å². The molecular weight excluding hydrogens is 318 g/mol. The van der Waals surface area contributed by atoms with Crippen LogP contribution in [0.15, 0.2) is 24.3 Å². The molecule has 0 fully saturated rings. The molecule has 2 aromatic rings. The first kappa shape index (κ1) is 15.8. The number of hydrogen-bond acceptors (Lipinski definition) is 4. The van der Waals surface area contributed by atoms with Crippen LogP contribution in [0.3, 0.4) is 0 Å². The Morgan fingerprint density at radius 3 is 3.00 bits per heavy atom. The van der Waals surface area contributed by atoms with Crippen LogP contribution >= 0.6 is 11.3 Å². The molecule has 1 aromatic carbocycles.